The summed E-state index contributed by atoms with van der Waals surface area (Å²) in [5.41, 5.74) is 0.417. The van der Waals surface area contributed by atoms with E-state index in [1.165, 1.54) is 23.7 Å². The standard InChI is InChI=1S/C7H6FN3O/c1-11-5(12)3-2-4-6(11)7(8)10-9-4/h2-3H,1H3,(H,9,10). The normalized spacial score (nSPS) is 10.8. The van der Waals surface area contributed by atoms with Crippen LogP contribution in [-0.4, -0.2) is 14.8 Å². The third kappa shape index (κ3) is 0.761. The van der Waals surface area contributed by atoms with E-state index in [1.807, 2.05) is 0 Å². The molecule has 0 saturated carbocycles. The number of halogens is 1. The molecule has 2 heterocycles. The van der Waals surface area contributed by atoms with Crippen molar-refractivity contribution < 1.29 is 4.39 Å². The van der Waals surface area contributed by atoms with E-state index >= 15 is 0 Å². The van der Waals surface area contributed by atoms with Crippen molar-refractivity contribution >= 4 is 11.0 Å². The van der Waals surface area contributed by atoms with Crippen LogP contribution in [0.25, 0.3) is 11.0 Å². The Labute approximate surface area is 66.6 Å². The van der Waals surface area contributed by atoms with Gasteiger partial charge in [-0.15, -0.1) is 0 Å². The second-order valence-corrected chi connectivity index (χ2v) is 2.50. The molecular weight excluding hydrogens is 161 g/mol. The zero-order valence-electron chi connectivity index (χ0n) is 6.34. The molecule has 2 aromatic heterocycles. The average molecular weight is 167 g/mol. The third-order valence-electron chi connectivity index (χ3n) is 1.77. The maximum absolute atomic E-state index is 12.9. The van der Waals surface area contributed by atoms with Crippen molar-refractivity contribution in [3.63, 3.8) is 0 Å². The molecule has 0 atom stereocenters. The van der Waals surface area contributed by atoms with Gasteiger partial charge in [0.25, 0.3) is 5.56 Å². The van der Waals surface area contributed by atoms with Gasteiger partial charge in [-0.05, 0) is 6.07 Å². The van der Waals surface area contributed by atoms with Crippen LogP contribution in [0.1, 0.15) is 0 Å². The summed E-state index contributed by atoms with van der Waals surface area (Å²) < 4.78 is 14.1. The van der Waals surface area contributed by atoms with Gasteiger partial charge in [-0.1, -0.05) is 0 Å². The largest absolute Gasteiger partial charge is 0.306 e. The average Bonchev–Trinajstić information content (AvgIpc) is 2.41. The summed E-state index contributed by atoms with van der Waals surface area (Å²) in [6, 6.07) is 2.83. The predicted octanol–water partition coefficient (Wildman–Crippen LogP) is 0.401. The minimum atomic E-state index is -0.579. The number of nitrogens with one attached hydrogen (secondary N) is 1. The quantitative estimate of drug-likeness (QED) is 0.617. The molecule has 4 nitrogen and oxygen atoms in total. The first-order valence-corrected chi connectivity index (χ1v) is 3.40. The van der Waals surface area contributed by atoms with Gasteiger partial charge in [0.1, 0.15) is 11.0 Å². The Kier molecular flexibility index (Phi) is 1.27. The summed E-state index contributed by atoms with van der Waals surface area (Å²) in [7, 11) is 1.50. The molecule has 0 saturated heterocycles. The summed E-state index contributed by atoms with van der Waals surface area (Å²) in [4.78, 5) is 11.0. The maximum Gasteiger partial charge on any atom is 0.250 e. The van der Waals surface area contributed by atoms with Crippen LogP contribution < -0.4 is 5.56 Å². The van der Waals surface area contributed by atoms with Crippen molar-refractivity contribution in [2.45, 2.75) is 0 Å². The van der Waals surface area contributed by atoms with Crippen LogP contribution in [-0.2, 0) is 7.05 Å². The number of H-pyrrole nitrogens is 1. The first-order chi connectivity index (χ1) is 5.70. The summed E-state index contributed by atoms with van der Waals surface area (Å²) in [6.45, 7) is 0. The van der Waals surface area contributed by atoms with Gasteiger partial charge in [0.15, 0.2) is 0 Å². The van der Waals surface area contributed by atoms with Gasteiger partial charge in [-0.3, -0.25) is 9.89 Å². The molecule has 0 radical (unpaired) electrons. The van der Waals surface area contributed by atoms with Crippen LogP contribution in [0.2, 0.25) is 0 Å². The van der Waals surface area contributed by atoms with E-state index in [-0.39, 0.29) is 11.1 Å². The number of nitrogens with zero attached hydrogens (tertiary/aromatic N) is 2. The summed E-state index contributed by atoms with van der Waals surface area (Å²) >= 11 is 0. The molecule has 62 valence electrons. The molecule has 2 rings (SSSR count). The topological polar surface area (TPSA) is 50.7 Å². The van der Waals surface area contributed by atoms with Gasteiger partial charge < -0.3 is 4.57 Å². The first kappa shape index (κ1) is 7.02. The molecule has 0 aliphatic carbocycles. The molecule has 12 heavy (non-hydrogen) atoms. The number of pyridine rings is 1. The van der Waals surface area contributed by atoms with E-state index in [0.717, 1.165) is 0 Å². The monoisotopic (exact) mass is 167 g/mol. The SMILES string of the molecule is Cn1c(=O)ccc2n[nH]c(F)c21. The lowest BCUT2D eigenvalue weighted by atomic mass is 10.4. The fourth-order valence-electron chi connectivity index (χ4n) is 1.14. The zero-order chi connectivity index (χ0) is 8.72. The molecule has 1 N–H and O–H groups in total. The van der Waals surface area contributed by atoms with Gasteiger partial charge in [-0.25, -0.2) is 0 Å². The smallest absolute Gasteiger partial charge is 0.250 e. The Morgan fingerprint density at radius 2 is 2.33 bits per heavy atom. The number of fused-ring (bicyclic) bond motifs is 1. The Balaban J connectivity index is 3.06. The minimum Gasteiger partial charge on any atom is -0.306 e. The highest BCUT2D eigenvalue weighted by molar-refractivity contribution is 5.73. The lowest BCUT2D eigenvalue weighted by Crippen LogP contribution is -2.15. The van der Waals surface area contributed by atoms with Crippen molar-refractivity contribution in [1.29, 1.82) is 0 Å². The summed E-state index contributed by atoms with van der Waals surface area (Å²) in [6.07, 6.45) is 0. The highest BCUT2D eigenvalue weighted by Gasteiger charge is 2.07. The van der Waals surface area contributed by atoms with E-state index in [2.05, 4.69) is 10.2 Å². The van der Waals surface area contributed by atoms with Crippen LogP contribution in [0.15, 0.2) is 16.9 Å². The van der Waals surface area contributed by atoms with Crippen LogP contribution in [0.3, 0.4) is 0 Å². The number of aryl methyl sites for hydroxylation is 1. The van der Waals surface area contributed by atoms with Crippen molar-refractivity contribution in [1.82, 2.24) is 14.8 Å². The van der Waals surface area contributed by atoms with Crippen molar-refractivity contribution in [3.05, 3.63) is 28.4 Å². The van der Waals surface area contributed by atoms with E-state index in [9.17, 15) is 9.18 Å². The van der Waals surface area contributed by atoms with Gasteiger partial charge in [0.05, 0.1) is 0 Å². The summed E-state index contributed by atoms with van der Waals surface area (Å²) in [5.74, 6) is -0.579. The van der Waals surface area contributed by atoms with Crippen LogP contribution in [0.4, 0.5) is 4.39 Å². The van der Waals surface area contributed by atoms with Crippen molar-refractivity contribution in [3.8, 4) is 0 Å². The molecule has 0 aliphatic heterocycles. The highest BCUT2D eigenvalue weighted by Crippen LogP contribution is 2.09. The molecular formula is C7H6FN3O. The van der Waals surface area contributed by atoms with E-state index in [4.69, 9.17) is 0 Å². The van der Waals surface area contributed by atoms with Gasteiger partial charge >= 0.3 is 0 Å². The summed E-state index contributed by atoms with van der Waals surface area (Å²) in [5, 5.41) is 5.83. The second kappa shape index (κ2) is 2.17. The molecule has 5 heteroatoms. The zero-order valence-corrected chi connectivity index (χ0v) is 6.34. The second-order valence-electron chi connectivity index (χ2n) is 2.50. The molecule has 0 aliphatic rings. The number of hydrogen-bond donors (Lipinski definition) is 1. The highest BCUT2D eigenvalue weighted by atomic mass is 19.1. The van der Waals surface area contributed by atoms with Crippen LogP contribution in [0, 0.1) is 5.95 Å². The van der Waals surface area contributed by atoms with Gasteiger partial charge in [0, 0.05) is 13.1 Å². The molecule has 2 aromatic rings. The van der Waals surface area contributed by atoms with E-state index in [1.54, 1.807) is 0 Å². The lowest BCUT2D eigenvalue weighted by molar-refractivity contribution is 0.581. The van der Waals surface area contributed by atoms with E-state index in [0.29, 0.717) is 5.52 Å². The Bertz CT molecular complexity index is 485. The molecule has 0 spiro atoms. The van der Waals surface area contributed by atoms with Crippen LogP contribution in [0.5, 0.6) is 0 Å². The Hall–Kier alpha value is -1.65. The molecule has 0 fully saturated rings. The van der Waals surface area contributed by atoms with Gasteiger partial charge in [-0.2, -0.15) is 9.49 Å². The van der Waals surface area contributed by atoms with Crippen molar-refractivity contribution in [2.24, 2.45) is 7.05 Å². The lowest BCUT2D eigenvalue weighted by Gasteiger charge is -1.95. The van der Waals surface area contributed by atoms with Gasteiger partial charge in [0.2, 0.25) is 5.95 Å². The van der Waals surface area contributed by atoms with Crippen molar-refractivity contribution in [2.75, 3.05) is 0 Å². The number of aromatic amines is 1. The molecule has 0 bridgehead atoms. The number of rotatable bonds is 0. The first-order valence-electron chi connectivity index (χ1n) is 3.40. The minimum absolute atomic E-state index is 0.211. The molecule has 0 aromatic carbocycles. The van der Waals surface area contributed by atoms with Crippen LogP contribution >= 0.6 is 0 Å². The Morgan fingerprint density at radius 1 is 1.58 bits per heavy atom. The maximum atomic E-state index is 12.9. The third-order valence-corrected chi connectivity index (χ3v) is 1.77. The van der Waals surface area contributed by atoms with E-state index < -0.39 is 5.95 Å². The molecule has 0 amide bonds. The number of aromatic nitrogens is 3. The predicted molar refractivity (Wildman–Crippen MR) is 41.3 cm³/mol. The Morgan fingerprint density at radius 3 is 3.08 bits per heavy atom. The fraction of sp³-hybridized carbons (Fsp3) is 0.143. The number of hydrogen-bond acceptors (Lipinski definition) is 2. The fourth-order valence-corrected chi connectivity index (χ4v) is 1.14. The molecule has 0 unspecified atom stereocenters.